The molecule has 0 radical (unpaired) electrons. The van der Waals surface area contributed by atoms with E-state index in [0.29, 0.717) is 6.42 Å². The number of carbonyl (C=O) groups is 1. The Kier molecular flexibility index (Phi) is 4.99. The van der Waals surface area contributed by atoms with E-state index in [4.69, 9.17) is 5.11 Å². The second-order valence-electron chi connectivity index (χ2n) is 4.43. The molecule has 0 fully saturated rings. The molecular formula is C10H21NO2. The van der Waals surface area contributed by atoms with Gasteiger partial charge in [0, 0.05) is 5.54 Å². The first-order valence-corrected chi connectivity index (χ1v) is 4.87. The highest BCUT2D eigenvalue weighted by Gasteiger charge is 2.22. The molecule has 3 nitrogen and oxygen atoms in total. The first-order valence-electron chi connectivity index (χ1n) is 4.87. The zero-order valence-electron chi connectivity index (χ0n) is 9.05. The topological polar surface area (TPSA) is 49.3 Å². The Balaban J connectivity index is 4.03. The lowest BCUT2D eigenvalue weighted by Crippen LogP contribution is -2.47. The molecule has 0 rings (SSSR count). The van der Waals surface area contributed by atoms with Crippen LogP contribution in [0.1, 0.15) is 47.0 Å². The number of hydrogen-bond donors (Lipinski definition) is 2. The largest absolute Gasteiger partial charge is 0.480 e. The van der Waals surface area contributed by atoms with Gasteiger partial charge >= 0.3 is 5.97 Å². The minimum atomic E-state index is -0.747. The lowest BCUT2D eigenvalue weighted by atomic mass is 10.0. The third-order valence-electron chi connectivity index (χ3n) is 1.75. The molecule has 0 saturated heterocycles. The Morgan fingerprint density at radius 3 is 2.31 bits per heavy atom. The van der Waals surface area contributed by atoms with Crippen molar-refractivity contribution < 1.29 is 9.90 Å². The van der Waals surface area contributed by atoms with Crippen LogP contribution in [0.25, 0.3) is 0 Å². The summed E-state index contributed by atoms with van der Waals surface area (Å²) in [4.78, 5) is 10.8. The molecule has 0 spiro atoms. The number of unbranched alkanes of at least 4 members (excludes halogenated alkanes) is 1. The lowest BCUT2D eigenvalue weighted by Gasteiger charge is -2.25. The van der Waals surface area contributed by atoms with Gasteiger partial charge in [0.2, 0.25) is 0 Å². The second-order valence-corrected chi connectivity index (χ2v) is 4.43. The molecule has 3 heteroatoms. The molecule has 78 valence electrons. The monoisotopic (exact) mass is 187 g/mol. The average molecular weight is 187 g/mol. The second kappa shape index (κ2) is 5.22. The summed E-state index contributed by atoms with van der Waals surface area (Å²) in [5.41, 5.74) is -0.128. The quantitative estimate of drug-likeness (QED) is 0.692. The van der Waals surface area contributed by atoms with Crippen LogP contribution in [0.15, 0.2) is 0 Å². The Morgan fingerprint density at radius 1 is 1.46 bits per heavy atom. The summed E-state index contributed by atoms with van der Waals surface area (Å²) < 4.78 is 0. The maximum absolute atomic E-state index is 10.8. The van der Waals surface area contributed by atoms with Gasteiger partial charge in [0.05, 0.1) is 0 Å². The highest BCUT2D eigenvalue weighted by molar-refractivity contribution is 5.73. The first kappa shape index (κ1) is 12.4. The van der Waals surface area contributed by atoms with Gasteiger partial charge in [-0.15, -0.1) is 0 Å². The molecule has 1 atom stereocenters. The Morgan fingerprint density at radius 2 is 2.00 bits per heavy atom. The molecule has 0 aliphatic carbocycles. The fourth-order valence-electron chi connectivity index (χ4n) is 1.19. The minimum absolute atomic E-state index is 0.128. The Hall–Kier alpha value is -0.570. The van der Waals surface area contributed by atoms with Gasteiger partial charge in [-0.1, -0.05) is 19.8 Å². The summed E-state index contributed by atoms with van der Waals surface area (Å²) in [6, 6.07) is -0.403. The van der Waals surface area contributed by atoms with Crippen LogP contribution >= 0.6 is 0 Å². The van der Waals surface area contributed by atoms with Crippen molar-refractivity contribution in [3.8, 4) is 0 Å². The van der Waals surface area contributed by atoms with E-state index in [1.807, 2.05) is 20.8 Å². The van der Waals surface area contributed by atoms with Crippen molar-refractivity contribution in [2.24, 2.45) is 0 Å². The Bertz CT molecular complexity index is 161. The highest BCUT2D eigenvalue weighted by atomic mass is 16.4. The molecule has 0 aromatic heterocycles. The maximum atomic E-state index is 10.8. The van der Waals surface area contributed by atoms with E-state index in [1.165, 1.54) is 0 Å². The fraction of sp³-hybridized carbons (Fsp3) is 0.900. The standard InChI is InChI=1S/C10H21NO2/c1-5-6-7-8(9(12)13)11-10(2,3)4/h8,11H,5-7H2,1-4H3,(H,12,13). The molecule has 13 heavy (non-hydrogen) atoms. The van der Waals surface area contributed by atoms with Crippen LogP contribution in [0.4, 0.5) is 0 Å². The Labute approximate surface area is 80.5 Å². The number of carboxylic acids is 1. The van der Waals surface area contributed by atoms with Gasteiger partial charge < -0.3 is 5.11 Å². The van der Waals surface area contributed by atoms with Crippen LogP contribution in [0.3, 0.4) is 0 Å². The molecule has 0 aromatic rings. The van der Waals surface area contributed by atoms with Gasteiger partial charge in [-0.3, -0.25) is 10.1 Å². The normalized spacial score (nSPS) is 14.2. The minimum Gasteiger partial charge on any atom is -0.480 e. The van der Waals surface area contributed by atoms with Gasteiger partial charge in [0.25, 0.3) is 0 Å². The summed E-state index contributed by atoms with van der Waals surface area (Å²) in [5, 5.41) is 12.0. The van der Waals surface area contributed by atoms with Crippen molar-refractivity contribution in [2.45, 2.75) is 58.5 Å². The van der Waals surface area contributed by atoms with Gasteiger partial charge in [-0.2, -0.15) is 0 Å². The van der Waals surface area contributed by atoms with Crippen LogP contribution in [-0.4, -0.2) is 22.7 Å². The van der Waals surface area contributed by atoms with Crippen molar-refractivity contribution in [3.05, 3.63) is 0 Å². The number of aliphatic carboxylic acids is 1. The molecule has 0 heterocycles. The molecular weight excluding hydrogens is 166 g/mol. The van der Waals surface area contributed by atoms with Crippen molar-refractivity contribution in [3.63, 3.8) is 0 Å². The number of carboxylic acid groups (broad SMARTS) is 1. The lowest BCUT2D eigenvalue weighted by molar-refractivity contribution is -0.140. The van der Waals surface area contributed by atoms with E-state index in [1.54, 1.807) is 0 Å². The third kappa shape index (κ3) is 6.58. The summed E-state index contributed by atoms with van der Waals surface area (Å²) in [5.74, 6) is -0.747. The van der Waals surface area contributed by atoms with Crippen molar-refractivity contribution in [1.29, 1.82) is 0 Å². The summed E-state index contributed by atoms with van der Waals surface area (Å²) in [6.07, 6.45) is 2.71. The summed E-state index contributed by atoms with van der Waals surface area (Å²) >= 11 is 0. The van der Waals surface area contributed by atoms with Crippen LogP contribution in [0.5, 0.6) is 0 Å². The zero-order valence-corrected chi connectivity index (χ0v) is 9.05. The van der Waals surface area contributed by atoms with E-state index in [0.717, 1.165) is 12.8 Å². The molecule has 1 unspecified atom stereocenters. The van der Waals surface area contributed by atoms with E-state index in [9.17, 15) is 4.79 Å². The van der Waals surface area contributed by atoms with Gasteiger partial charge in [0.15, 0.2) is 0 Å². The summed E-state index contributed by atoms with van der Waals surface area (Å²) in [6.45, 7) is 8.01. The van der Waals surface area contributed by atoms with E-state index >= 15 is 0 Å². The molecule has 0 aliphatic heterocycles. The molecule has 0 amide bonds. The van der Waals surface area contributed by atoms with Crippen LogP contribution in [0.2, 0.25) is 0 Å². The van der Waals surface area contributed by atoms with Crippen molar-refractivity contribution in [2.75, 3.05) is 0 Å². The molecule has 2 N–H and O–H groups in total. The number of hydrogen-bond acceptors (Lipinski definition) is 2. The highest BCUT2D eigenvalue weighted by Crippen LogP contribution is 2.07. The molecule has 0 aliphatic rings. The molecule has 0 saturated carbocycles. The average Bonchev–Trinajstić information content (AvgIpc) is 1.95. The first-order chi connectivity index (χ1) is 5.87. The number of rotatable bonds is 5. The SMILES string of the molecule is CCCCC(NC(C)(C)C)C(=O)O. The third-order valence-corrected chi connectivity index (χ3v) is 1.75. The van der Waals surface area contributed by atoms with Crippen molar-refractivity contribution in [1.82, 2.24) is 5.32 Å². The van der Waals surface area contributed by atoms with E-state index in [2.05, 4.69) is 12.2 Å². The maximum Gasteiger partial charge on any atom is 0.320 e. The smallest absolute Gasteiger partial charge is 0.320 e. The van der Waals surface area contributed by atoms with E-state index in [-0.39, 0.29) is 5.54 Å². The van der Waals surface area contributed by atoms with Crippen LogP contribution in [-0.2, 0) is 4.79 Å². The fourth-order valence-corrected chi connectivity index (χ4v) is 1.19. The van der Waals surface area contributed by atoms with Gasteiger partial charge in [-0.05, 0) is 27.2 Å². The number of nitrogens with one attached hydrogen (secondary N) is 1. The van der Waals surface area contributed by atoms with E-state index < -0.39 is 12.0 Å². The predicted octanol–water partition coefficient (Wildman–Crippen LogP) is 2.02. The van der Waals surface area contributed by atoms with Crippen molar-refractivity contribution >= 4 is 5.97 Å². The molecule has 0 bridgehead atoms. The summed E-state index contributed by atoms with van der Waals surface area (Å²) in [7, 11) is 0. The van der Waals surface area contributed by atoms with Gasteiger partial charge in [0.1, 0.15) is 6.04 Å². The van der Waals surface area contributed by atoms with Crippen LogP contribution in [0, 0.1) is 0 Å². The predicted molar refractivity (Wildman–Crippen MR) is 53.8 cm³/mol. The zero-order chi connectivity index (χ0) is 10.5. The van der Waals surface area contributed by atoms with Crippen LogP contribution < -0.4 is 5.32 Å². The van der Waals surface area contributed by atoms with Gasteiger partial charge in [-0.25, -0.2) is 0 Å². The molecule has 0 aromatic carbocycles.